The molecule has 4 unspecified atom stereocenters. The highest BCUT2D eigenvalue weighted by atomic mass is 16.2. The van der Waals surface area contributed by atoms with E-state index in [0.717, 1.165) is 37.6 Å². The molecule has 1 amide bonds. The monoisotopic (exact) mass is 252 g/mol. The maximum absolute atomic E-state index is 12.5. The summed E-state index contributed by atoms with van der Waals surface area (Å²) in [6, 6.07) is 0.0654. The van der Waals surface area contributed by atoms with Crippen LogP contribution in [-0.2, 0) is 4.79 Å². The predicted molar refractivity (Wildman–Crippen MR) is 74.1 cm³/mol. The lowest BCUT2D eigenvalue weighted by Gasteiger charge is -2.23. The molecular weight excluding hydrogens is 224 g/mol. The van der Waals surface area contributed by atoms with Gasteiger partial charge in [0.15, 0.2) is 0 Å². The topological polar surface area (TPSA) is 32.3 Å². The maximum Gasteiger partial charge on any atom is 0.241 e. The minimum absolute atomic E-state index is 0.0654. The van der Waals surface area contributed by atoms with Crippen LogP contribution in [0.1, 0.15) is 53.4 Å². The summed E-state index contributed by atoms with van der Waals surface area (Å²) in [4.78, 5) is 14.6. The molecule has 2 aliphatic rings. The molecule has 1 saturated carbocycles. The van der Waals surface area contributed by atoms with Crippen molar-refractivity contribution >= 4 is 5.91 Å². The van der Waals surface area contributed by atoms with Crippen LogP contribution < -0.4 is 5.32 Å². The van der Waals surface area contributed by atoms with Gasteiger partial charge in [-0.3, -0.25) is 10.1 Å². The molecule has 1 aliphatic heterocycles. The number of nitrogens with one attached hydrogen (secondary N) is 1. The molecule has 2 fully saturated rings. The first kappa shape index (κ1) is 13.9. The quantitative estimate of drug-likeness (QED) is 0.788. The van der Waals surface area contributed by atoms with E-state index >= 15 is 0 Å². The number of amides is 1. The average molecular weight is 252 g/mol. The van der Waals surface area contributed by atoms with Crippen molar-refractivity contribution in [1.29, 1.82) is 0 Å². The highest BCUT2D eigenvalue weighted by molar-refractivity contribution is 5.84. The maximum atomic E-state index is 12.5. The summed E-state index contributed by atoms with van der Waals surface area (Å²) in [5, 5.41) is 3.55. The van der Waals surface area contributed by atoms with Crippen molar-refractivity contribution in [2.75, 3.05) is 6.54 Å². The number of hydrogen-bond acceptors (Lipinski definition) is 2. The largest absolute Gasteiger partial charge is 0.326 e. The Balaban J connectivity index is 1.97. The van der Waals surface area contributed by atoms with Gasteiger partial charge in [0, 0.05) is 6.54 Å². The Hall–Kier alpha value is -0.570. The van der Waals surface area contributed by atoms with E-state index in [4.69, 9.17) is 0 Å². The van der Waals surface area contributed by atoms with Gasteiger partial charge in [-0.15, -0.1) is 0 Å². The second kappa shape index (κ2) is 5.60. The Bertz CT molecular complexity index is 303. The zero-order valence-electron chi connectivity index (χ0n) is 12.3. The van der Waals surface area contributed by atoms with Gasteiger partial charge in [-0.05, 0) is 37.0 Å². The summed E-state index contributed by atoms with van der Waals surface area (Å²) in [5.74, 6) is 2.51. The molecule has 0 aromatic rings. The van der Waals surface area contributed by atoms with Gasteiger partial charge in [-0.1, -0.05) is 34.1 Å². The van der Waals surface area contributed by atoms with Gasteiger partial charge in [0.05, 0.1) is 12.2 Å². The fourth-order valence-electron chi connectivity index (χ4n) is 3.02. The number of nitrogens with zero attached hydrogens (tertiary/aromatic N) is 1. The first-order chi connectivity index (χ1) is 8.52. The van der Waals surface area contributed by atoms with Crippen LogP contribution in [0.25, 0.3) is 0 Å². The Kier molecular flexibility index (Phi) is 4.31. The second-order valence-corrected chi connectivity index (χ2v) is 6.62. The van der Waals surface area contributed by atoms with Crippen molar-refractivity contribution < 1.29 is 4.79 Å². The van der Waals surface area contributed by atoms with Gasteiger partial charge in [0.25, 0.3) is 0 Å². The van der Waals surface area contributed by atoms with Crippen molar-refractivity contribution in [3.63, 3.8) is 0 Å². The van der Waals surface area contributed by atoms with Crippen LogP contribution in [0.3, 0.4) is 0 Å². The van der Waals surface area contributed by atoms with E-state index in [2.05, 4.69) is 37.9 Å². The molecule has 0 aromatic carbocycles. The summed E-state index contributed by atoms with van der Waals surface area (Å²) >= 11 is 0. The van der Waals surface area contributed by atoms with Gasteiger partial charge in [0.2, 0.25) is 5.91 Å². The molecule has 0 radical (unpaired) electrons. The number of carbonyl (C=O) groups excluding carboxylic acids is 1. The Morgan fingerprint density at radius 2 is 2.11 bits per heavy atom. The zero-order valence-corrected chi connectivity index (χ0v) is 12.3. The minimum Gasteiger partial charge on any atom is -0.326 e. The van der Waals surface area contributed by atoms with Crippen molar-refractivity contribution in [2.24, 2.45) is 17.8 Å². The van der Waals surface area contributed by atoms with Crippen molar-refractivity contribution in [2.45, 2.75) is 65.6 Å². The third-order valence-electron chi connectivity index (χ3n) is 4.33. The highest BCUT2D eigenvalue weighted by Gasteiger charge is 2.43. The van der Waals surface area contributed by atoms with Gasteiger partial charge < -0.3 is 4.90 Å². The first-order valence-electron chi connectivity index (χ1n) is 7.59. The van der Waals surface area contributed by atoms with Crippen LogP contribution in [-0.4, -0.2) is 29.6 Å². The minimum atomic E-state index is 0.0654. The second-order valence-electron chi connectivity index (χ2n) is 6.62. The van der Waals surface area contributed by atoms with E-state index in [9.17, 15) is 4.79 Å². The van der Waals surface area contributed by atoms with Crippen LogP contribution in [0.5, 0.6) is 0 Å². The van der Waals surface area contributed by atoms with E-state index in [1.54, 1.807) is 0 Å². The molecule has 1 aliphatic carbocycles. The van der Waals surface area contributed by atoms with E-state index in [1.807, 2.05) is 0 Å². The summed E-state index contributed by atoms with van der Waals surface area (Å²) < 4.78 is 0. The first-order valence-corrected chi connectivity index (χ1v) is 7.59. The van der Waals surface area contributed by atoms with Gasteiger partial charge in [0.1, 0.15) is 0 Å². The normalized spacial score (nSPS) is 35.6. The standard InChI is InChI=1S/C15H28N2O/c1-5-6-14-16-13(7-10(2)3)15(18)17(14)9-12-8-11(12)4/h10-14,16H,5-9H2,1-4H3. The molecule has 0 bridgehead atoms. The summed E-state index contributed by atoms with van der Waals surface area (Å²) in [5.41, 5.74) is 0. The van der Waals surface area contributed by atoms with Gasteiger partial charge in [-0.25, -0.2) is 0 Å². The number of rotatable bonds is 6. The highest BCUT2D eigenvalue weighted by Crippen LogP contribution is 2.39. The SMILES string of the molecule is CCCC1NC(CC(C)C)C(=O)N1CC1CC1C. The van der Waals surface area contributed by atoms with Crippen LogP contribution >= 0.6 is 0 Å². The molecule has 2 rings (SSSR count). The van der Waals surface area contributed by atoms with Gasteiger partial charge >= 0.3 is 0 Å². The summed E-state index contributed by atoms with van der Waals surface area (Å²) in [6.45, 7) is 9.84. The molecule has 0 aromatic heterocycles. The lowest BCUT2D eigenvalue weighted by atomic mass is 10.0. The fraction of sp³-hybridized carbons (Fsp3) is 0.933. The summed E-state index contributed by atoms with van der Waals surface area (Å²) in [6.07, 6.45) is 4.78. The lowest BCUT2D eigenvalue weighted by molar-refractivity contribution is -0.130. The van der Waals surface area contributed by atoms with Crippen LogP contribution in [0, 0.1) is 17.8 Å². The van der Waals surface area contributed by atoms with Crippen LogP contribution in [0.4, 0.5) is 0 Å². The Morgan fingerprint density at radius 1 is 1.44 bits per heavy atom. The molecule has 3 nitrogen and oxygen atoms in total. The third kappa shape index (κ3) is 3.05. The molecule has 1 heterocycles. The number of carbonyl (C=O) groups is 1. The van der Waals surface area contributed by atoms with Crippen LogP contribution in [0.15, 0.2) is 0 Å². The smallest absolute Gasteiger partial charge is 0.241 e. The molecule has 18 heavy (non-hydrogen) atoms. The predicted octanol–water partition coefficient (Wildman–Crippen LogP) is 2.62. The molecule has 1 N–H and O–H groups in total. The third-order valence-corrected chi connectivity index (χ3v) is 4.33. The Morgan fingerprint density at radius 3 is 2.61 bits per heavy atom. The van der Waals surface area contributed by atoms with Crippen molar-refractivity contribution in [3.05, 3.63) is 0 Å². The van der Waals surface area contributed by atoms with E-state index in [0.29, 0.717) is 18.0 Å². The van der Waals surface area contributed by atoms with Crippen molar-refractivity contribution in [1.82, 2.24) is 10.2 Å². The summed E-state index contributed by atoms with van der Waals surface area (Å²) in [7, 11) is 0. The fourth-order valence-corrected chi connectivity index (χ4v) is 3.02. The molecule has 3 heteroatoms. The van der Waals surface area contributed by atoms with E-state index < -0.39 is 0 Å². The van der Waals surface area contributed by atoms with Crippen LogP contribution in [0.2, 0.25) is 0 Å². The molecule has 0 spiro atoms. The van der Waals surface area contributed by atoms with E-state index in [-0.39, 0.29) is 6.04 Å². The molecule has 4 atom stereocenters. The average Bonchev–Trinajstić information content (AvgIpc) is 2.91. The number of hydrogen-bond donors (Lipinski definition) is 1. The molecular formula is C15H28N2O. The zero-order chi connectivity index (χ0) is 13.3. The lowest BCUT2D eigenvalue weighted by Crippen LogP contribution is -2.38. The Labute approximate surface area is 111 Å². The molecule has 1 saturated heterocycles. The molecule has 104 valence electrons. The van der Waals surface area contributed by atoms with Crippen molar-refractivity contribution in [3.8, 4) is 0 Å². The van der Waals surface area contributed by atoms with E-state index in [1.165, 1.54) is 6.42 Å². The van der Waals surface area contributed by atoms with Gasteiger partial charge in [-0.2, -0.15) is 0 Å².